The molecule has 0 bridgehead atoms. The number of benzene rings is 2. The van der Waals surface area contributed by atoms with Crippen LogP contribution in [0.25, 0.3) is 0 Å². The molecule has 0 saturated heterocycles. The molecule has 0 aliphatic heterocycles. The van der Waals surface area contributed by atoms with Gasteiger partial charge in [-0.15, -0.1) is 0 Å². The van der Waals surface area contributed by atoms with Gasteiger partial charge in [0.05, 0.1) is 6.07 Å². The molecule has 2 unspecified atom stereocenters. The summed E-state index contributed by atoms with van der Waals surface area (Å²) in [7, 11) is 0. The number of halogens is 3. The van der Waals surface area contributed by atoms with Gasteiger partial charge in [0, 0.05) is 22.6 Å². The van der Waals surface area contributed by atoms with Gasteiger partial charge in [-0.2, -0.15) is 14.0 Å². The average molecular weight is 380 g/mol. The Labute approximate surface area is 142 Å². The Balaban J connectivity index is 2.26. The van der Waals surface area contributed by atoms with Gasteiger partial charge < -0.3 is 5.11 Å². The standard InChI is InChI=1S/C18H16BrF2NO/c19-17-8-4-7-15(10-17)18(20,21)16(11-22)9-14(12-23)13-5-2-1-3-6-13/h1-8,10,14,16,23H,9,12H2. The Morgan fingerprint density at radius 1 is 1.13 bits per heavy atom. The van der Waals surface area contributed by atoms with E-state index >= 15 is 0 Å². The lowest BCUT2D eigenvalue weighted by molar-refractivity contribution is -0.0502. The molecule has 120 valence electrons. The van der Waals surface area contributed by atoms with E-state index in [9.17, 15) is 19.1 Å². The number of alkyl halides is 2. The predicted molar refractivity (Wildman–Crippen MR) is 88.0 cm³/mol. The summed E-state index contributed by atoms with van der Waals surface area (Å²) >= 11 is 3.17. The largest absolute Gasteiger partial charge is 0.396 e. The topological polar surface area (TPSA) is 44.0 Å². The molecule has 0 aromatic heterocycles. The fourth-order valence-corrected chi connectivity index (χ4v) is 2.90. The summed E-state index contributed by atoms with van der Waals surface area (Å²) in [4.78, 5) is 0. The van der Waals surface area contributed by atoms with E-state index in [-0.39, 0.29) is 18.6 Å². The van der Waals surface area contributed by atoms with Crippen molar-refractivity contribution in [2.75, 3.05) is 6.61 Å². The molecular formula is C18H16BrF2NO. The van der Waals surface area contributed by atoms with Crippen LogP contribution < -0.4 is 0 Å². The Bertz CT molecular complexity index is 685. The third-order valence-corrected chi connectivity index (χ3v) is 4.31. The normalized spacial score (nSPS) is 14.0. The van der Waals surface area contributed by atoms with E-state index in [2.05, 4.69) is 15.9 Å². The highest BCUT2D eigenvalue weighted by molar-refractivity contribution is 9.10. The van der Waals surface area contributed by atoms with Crippen LogP contribution in [0.4, 0.5) is 8.78 Å². The number of aliphatic hydroxyl groups is 1. The summed E-state index contributed by atoms with van der Waals surface area (Å²) in [5.74, 6) is -5.31. The molecule has 23 heavy (non-hydrogen) atoms. The molecule has 0 aliphatic carbocycles. The molecule has 0 fully saturated rings. The van der Waals surface area contributed by atoms with Crippen LogP contribution in [0.1, 0.15) is 23.5 Å². The second-order valence-electron chi connectivity index (χ2n) is 5.34. The van der Waals surface area contributed by atoms with Gasteiger partial charge in [-0.25, -0.2) is 0 Å². The molecule has 1 N–H and O–H groups in total. The van der Waals surface area contributed by atoms with Crippen molar-refractivity contribution in [2.24, 2.45) is 5.92 Å². The van der Waals surface area contributed by atoms with Crippen LogP contribution in [0.2, 0.25) is 0 Å². The molecule has 2 rings (SSSR count). The lowest BCUT2D eigenvalue weighted by atomic mass is 9.84. The van der Waals surface area contributed by atoms with Gasteiger partial charge in [-0.1, -0.05) is 58.4 Å². The van der Waals surface area contributed by atoms with Crippen LogP contribution in [0.15, 0.2) is 59.1 Å². The van der Waals surface area contributed by atoms with Crippen molar-refractivity contribution >= 4 is 15.9 Å². The summed E-state index contributed by atoms with van der Waals surface area (Å²) in [5.41, 5.74) is 0.545. The summed E-state index contributed by atoms with van der Waals surface area (Å²) in [6.07, 6.45) is -0.115. The van der Waals surface area contributed by atoms with Gasteiger partial charge in [0.15, 0.2) is 0 Å². The van der Waals surface area contributed by atoms with Crippen molar-refractivity contribution in [3.63, 3.8) is 0 Å². The van der Waals surface area contributed by atoms with Crippen LogP contribution in [-0.4, -0.2) is 11.7 Å². The molecule has 0 saturated carbocycles. The molecule has 2 aromatic carbocycles. The van der Waals surface area contributed by atoms with Crippen molar-refractivity contribution in [1.29, 1.82) is 5.26 Å². The van der Waals surface area contributed by atoms with Gasteiger partial charge in [0.1, 0.15) is 5.92 Å². The van der Waals surface area contributed by atoms with Crippen molar-refractivity contribution in [1.82, 2.24) is 0 Å². The third kappa shape index (κ3) is 4.15. The zero-order chi connectivity index (χ0) is 16.9. The molecular weight excluding hydrogens is 364 g/mol. The number of rotatable bonds is 6. The van der Waals surface area contributed by atoms with Gasteiger partial charge in [-0.3, -0.25) is 0 Å². The van der Waals surface area contributed by atoms with E-state index in [0.29, 0.717) is 4.47 Å². The highest BCUT2D eigenvalue weighted by Gasteiger charge is 2.42. The minimum Gasteiger partial charge on any atom is -0.396 e. The molecule has 0 aliphatic rings. The minimum atomic E-state index is -3.29. The van der Waals surface area contributed by atoms with Crippen molar-refractivity contribution in [3.05, 3.63) is 70.2 Å². The van der Waals surface area contributed by atoms with Crippen molar-refractivity contribution in [2.45, 2.75) is 18.3 Å². The van der Waals surface area contributed by atoms with Crippen LogP contribution in [0.3, 0.4) is 0 Å². The number of aliphatic hydroxyl groups excluding tert-OH is 1. The van der Waals surface area contributed by atoms with E-state index in [1.54, 1.807) is 36.4 Å². The van der Waals surface area contributed by atoms with Crippen LogP contribution in [0.5, 0.6) is 0 Å². The maximum atomic E-state index is 14.7. The maximum absolute atomic E-state index is 14.7. The summed E-state index contributed by atoms with van der Waals surface area (Å²) in [6.45, 7) is -0.281. The van der Waals surface area contributed by atoms with Crippen LogP contribution in [-0.2, 0) is 5.92 Å². The van der Waals surface area contributed by atoms with Gasteiger partial charge >= 0.3 is 0 Å². The lowest BCUT2D eigenvalue weighted by Crippen LogP contribution is -2.27. The fourth-order valence-electron chi connectivity index (χ4n) is 2.50. The Kier molecular flexibility index (Phi) is 5.86. The summed E-state index contributed by atoms with van der Waals surface area (Å²) in [5, 5.41) is 18.8. The maximum Gasteiger partial charge on any atom is 0.288 e. The number of hydrogen-bond acceptors (Lipinski definition) is 2. The van der Waals surface area contributed by atoms with E-state index in [0.717, 1.165) is 5.56 Å². The third-order valence-electron chi connectivity index (χ3n) is 3.81. The minimum absolute atomic E-state index is 0.115. The van der Waals surface area contributed by atoms with Crippen molar-refractivity contribution < 1.29 is 13.9 Å². The number of nitriles is 1. The van der Waals surface area contributed by atoms with Gasteiger partial charge in [0.2, 0.25) is 0 Å². The smallest absolute Gasteiger partial charge is 0.288 e. The quantitative estimate of drug-likeness (QED) is 0.779. The Hall–Kier alpha value is -1.77. The second kappa shape index (κ2) is 7.67. The average Bonchev–Trinajstić information content (AvgIpc) is 2.56. The number of hydrogen-bond donors (Lipinski definition) is 1. The predicted octanol–water partition coefficient (Wildman–Crippen LogP) is 4.85. The monoisotopic (exact) mass is 379 g/mol. The first kappa shape index (κ1) is 17.6. The molecule has 0 spiro atoms. The lowest BCUT2D eigenvalue weighted by Gasteiger charge is -2.25. The van der Waals surface area contributed by atoms with E-state index in [1.807, 2.05) is 6.07 Å². The van der Waals surface area contributed by atoms with E-state index in [4.69, 9.17) is 0 Å². The summed E-state index contributed by atoms with van der Waals surface area (Å²) in [6, 6.07) is 16.4. The first-order chi connectivity index (χ1) is 11.0. The van der Waals surface area contributed by atoms with Crippen LogP contribution >= 0.6 is 15.9 Å². The van der Waals surface area contributed by atoms with E-state index in [1.165, 1.54) is 18.2 Å². The molecule has 2 aromatic rings. The first-order valence-electron chi connectivity index (χ1n) is 7.18. The number of nitrogens with zero attached hydrogens (tertiary/aromatic N) is 1. The molecule has 2 nitrogen and oxygen atoms in total. The van der Waals surface area contributed by atoms with Gasteiger partial charge in [-0.05, 0) is 24.1 Å². The Morgan fingerprint density at radius 2 is 1.83 bits per heavy atom. The molecule has 0 heterocycles. The molecule has 2 atom stereocenters. The SMILES string of the molecule is N#CC(CC(CO)c1ccccc1)C(F)(F)c1cccc(Br)c1. The Morgan fingerprint density at radius 3 is 2.39 bits per heavy atom. The first-order valence-corrected chi connectivity index (χ1v) is 7.97. The highest BCUT2D eigenvalue weighted by atomic mass is 79.9. The zero-order valence-corrected chi connectivity index (χ0v) is 13.9. The van der Waals surface area contributed by atoms with E-state index < -0.39 is 17.8 Å². The molecule has 5 heteroatoms. The zero-order valence-electron chi connectivity index (χ0n) is 12.3. The molecule has 0 amide bonds. The van der Waals surface area contributed by atoms with Gasteiger partial charge in [0.25, 0.3) is 5.92 Å². The molecule has 0 radical (unpaired) electrons. The van der Waals surface area contributed by atoms with Crippen molar-refractivity contribution in [3.8, 4) is 6.07 Å². The highest BCUT2D eigenvalue weighted by Crippen LogP contribution is 2.41. The second-order valence-corrected chi connectivity index (χ2v) is 6.26. The van der Waals surface area contributed by atoms with Crippen LogP contribution in [0, 0.1) is 17.2 Å². The fraction of sp³-hybridized carbons (Fsp3) is 0.278. The summed E-state index contributed by atoms with van der Waals surface area (Å²) < 4.78 is 29.9.